The van der Waals surface area contributed by atoms with Crippen LogP contribution in [0.4, 0.5) is 4.79 Å². The van der Waals surface area contributed by atoms with Crippen LogP contribution in [0.1, 0.15) is 24.3 Å². The van der Waals surface area contributed by atoms with Crippen LogP contribution >= 0.6 is 15.9 Å². The van der Waals surface area contributed by atoms with Crippen molar-refractivity contribution in [3.05, 3.63) is 57.1 Å². The van der Waals surface area contributed by atoms with Crippen molar-refractivity contribution in [2.24, 2.45) is 23.5 Å². The summed E-state index contributed by atoms with van der Waals surface area (Å²) in [5, 5.41) is 10.8. The summed E-state index contributed by atoms with van der Waals surface area (Å²) < 4.78 is 5.56. The highest BCUT2D eigenvalue weighted by atomic mass is 79.9. The second-order valence-electron chi connectivity index (χ2n) is 8.64. The van der Waals surface area contributed by atoms with E-state index in [9.17, 15) is 29.1 Å². The number of nitrogens with zero attached hydrogens (tertiary/aromatic N) is 1. The first-order chi connectivity index (χ1) is 16.2. The molecule has 1 aromatic carbocycles. The first-order valence-corrected chi connectivity index (χ1v) is 11.4. The van der Waals surface area contributed by atoms with Gasteiger partial charge in [-0.05, 0) is 46.8 Å². The second kappa shape index (κ2) is 7.76. The molecule has 0 saturated carbocycles. The number of fused-ring (bicyclic) bond motifs is 3. The molecule has 0 bridgehead atoms. The highest BCUT2D eigenvalue weighted by Crippen LogP contribution is 2.57. The van der Waals surface area contributed by atoms with Crippen molar-refractivity contribution in [3.8, 4) is 11.5 Å². The number of benzene rings is 1. The molecule has 1 aliphatic heterocycles. The van der Waals surface area contributed by atoms with E-state index in [0.717, 1.165) is 0 Å². The minimum absolute atomic E-state index is 0.0356. The molecule has 0 radical (unpaired) electrons. The Bertz CT molecular complexity index is 1310. The Morgan fingerprint density at radius 3 is 2.59 bits per heavy atom. The van der Waals surface area contributed by atoms with Crippen molar-refractivity contribution in [1.29, 1.82) is 0 Å². The van der Waals surface area contributed by atoms with Crippen molar-refractivity contribution < 1.29 is 33.8 Å². The third kappa shape index (κ3) is 2.94. The number of primary amides is 1. The molecule has 10 heteroatoms. The van der Waals surface area contributed by atoms with Crippen molar-refractivity contribution in [3.63, 3.8) is 0 Å². The van der Waals surface area contributed by atoms with Crippen LogP contribution in [0, 0.1) is 17.8 Å². The summed E-state index contributed by atoms with van der Waals surface area (Å²) in [5.41, 5.74) is 6.63. The Hall–Kier alpha value is -3.53. The zero-order valence-electron chi connectivity index (χ0n) is 17.9. The van der Waals surface area contributed by atoms with Crippen LogP contribution in [-0.4, -0.2) is 46.5 Å². The number of urea groups is 1. The quantitative estimate of drug-likeness (QED) is 0.341. The number of hydrogen-bond acceptors (Lipinski definition) is 7. The van der Waals surface area contributed by atoms with Gasteiger partial charge in [0.1, 0.15) is 11.5 Å². The van der Waals surface area contributed by atoms with Crippen LogP contribution in [0.3, 0.4) is 0 Å². The summed E-state index contributed by atoms with van der Waals surface area (Å²) in [6.07, 6.45) is 3.16. The van der Waals surface area contributed by atoms with Gasteiger partial charge in [0.2, 0.25) is 11.8 Å². The van der Waals surface area contributed by atoms with Crippen LogP contribution < -0.4 is 10.5 Å². The lowest BCUT2D eigenvalue weighted by molar-refractivity contribution is -0.136. The van der Waals surface area contributed by atoms with Crippen molar-refractivity contribution >= 4 is 45.3 Å². The zero-order chi connectivity index (χ0) is 24.5. The number of halogens is 1. The number of phenolic OH excluding ortho intramolecular Hbond substituents is 1. The number of ketones is 2. The predicted octanol–water partition coefficient (Wildman–Crippen LogP) is 2.24. The van der Waals surface area contributed by atoms with Gasteiger partial charge < -0.3 is 15.6 Å². The standard InChI is InChI=1S/C24H19BrN2O7/c1-34-16-4-2-3-14(28)20(16)19-9-5-6-10-17(23(32)27(22(10)31)24(26)33)11(9)7-12-18(19)15(29)8-13(25)21(12)30/h2-5,8,10-11,17,19,28H,6-7H2,1H3,(H2,26,33)/t10-,11+,17-,19-/m0/s1. The van der Waals surface area contributed by atoms with Gasteiger partial charge in [0.05, 0.1) is 23.4 Å². The normalized spacial score (nSPS) is 28.2. The molecule has 1 fully saturated rings. The molecule has 9 nitrogen and oxygen atoms in total. The molecule has 3 N–H and O–H groups in total. The first-order valence-electron chi connectivity index (χ1n) is 10.6. The Labute approximate surface area is 202 Å². The van der Waals surface area contributed by atoms with Gasteiger partial charge in [0, 0.05) is 28.7 Å². The average molecular weight is 527 g/mol. The molecule has 4 aliphatic rings. The Morgan fingerprint density at radius 2 is 1.91 bits per heavy atom. The van der Waals surface area contributed by atoms with Gasteiger partial charge in [-0.3, -0.25) is 19.2 Å². The van der Waals surface area contributed by atoms with Crippen LogP contribution in [0.25, 0.3) is 0 Å². The van der Waals surface area contributed by atoms with Gasteiger partial charge in [-0.1, -0.05) is 17.7 Å². The minimum atomic E-state index is -1.14. The molecule has 0 aromatic heterocycles. The third-order valence-corrected chi connectivity index (χ3v) is 7.69. The van der Waals surface area contributed by atoms with Crippen molar-refractivity contribution in [2.75, 3.05) is 7.11 Å². The molecule has 1 aromatic rings. The number of nitrogens with two attached hydrogens (primary N) is 1. The molecule has 34 heavy (non-hydrogen) atoms. The molecule has 4 atom stereocenters. The van der Waals surface area contributed by atoms with Crippen LogP contribution in [0.5, 0.6) is 11.5 Å². The molecule has 1 heterocycles. The molecule has 1 saturated heterocycles. The smallest absolute Gasteiger partial charge is 0.328 e. The van der Waals surface area contributed by atoms with Crippen LogP contribution in [0.2, 0.25) is 0 Å². The first kappa shape index (κ1) is 22.3. The molecule has 0 spiro atoms. The lowest BCUT2D eigenvalue weighted by Crippen LogP contribution is -2.42. The van der Waals surface area contributed by atoms with E-state index in [-0.39, 0.29) is 34.2 Å². The van der Waals surface area contributed by atoms with E-state index in [4.69, 9.17) is 10.5 Å². The topological polar surface area (TPSA) is 144 Å². The fourth-order valence-corrected chi connectivity index (χ4v) is 6.20. The van der Waals surface area contributed by atoms with E-state index >= 15 is 0 Å². The number of amides is 4. The van der Waals surface area contributed by atoms with E-state index in [1.165, 1.54) is 19.3 Å². The van der Waals surface area contributed by atoms with Crippen molar-refractivity contribution in [1.82, 2.24) is 4.90 Å². The fourth-order valence-electron chi connectivity index (χ4n) is 5.76. The monoisotopic (exact) mass is 526 g/mol. The number of phenols is 1. The molecule has 4 amide bonds. The molecule has 174 valence electrons. The number of carbonyl (C=O) groups excluding carboxylic acids is 5. The Morgan fingerprint density at radius 1 is 1.18 bits per heavy atom. The van der Waals surface area contributed by atoms with Gasteiger partial charge in [0.15, 0.2) is 11.6 Å². The number of hydrogen-bond donors (Lipinski definition) is 2. The molecule has 5 rings (SSSR count). The maximum absolute atomic E-state index is 13.2. The summed E-state index contributed by atoms with van der Waals surface area (Å²) in [6.45, 7) is 0. The highest BCUT2D eigenvalue weighted by Gasteiger charge is 2.58. The third-order valence-electron chi connectivity index (χ3n) is 7.10. The summed E-state index contributed by atoms with van der Waals surface area (Å²) in [5.74, 6) is -5.24. The summed E-state index contributed by atoms with van der Waals surface area (Å²) in [6, 6.07) is 3.53. The maximum atomic E-state index is 13.2. The lowest BCUT2D eigenvalue weighted by atomic mass is 9.59. The van der Waals surface area contributed by atoms with Gasteiger partial charge in [-0.2, -0.15) is 4.90 Å². The summed E-state index contributed by atoms with van der Waals surface area (Å²) in [4.78, 5) is 64.6. The number of allylic oxidation sites excluding steroid dienone is 6. The molecular weight excluding hydrogens is 508 g/mol. The van der Waals surface area contributed by atoms with Gasteiger partial charge in [-0.15, -0.1) is 0 Å². The Kier molecular flexibility index (Phi) is 5.09. The van der Waals surface area contributed by atoms with E-state index in [2.05, 4.69) is 15.9 Å². The summed E-state index contributed by atoms with van der Waals surface area (Å²) >= 11 is 3.15. The Balaban J connectivity index is 1.75. The number of ether oxygens (including phenoxy) is 1. The van der Waals surface area contributed by atoms with E-state index in [1.807, 2.05) is 0 Å². The van der Waals surface area contributed by atoms with Crippen LogP contribution in [-0.2, 0) is 19.2 Å². The van der Waals surface area contributed by atoms with Gasteiger partial charge in [-0.25, -0.2) is 4.79 Å². The van der Waals surface area contributed by atoms with E-state index in [0.29, 0.717) is 21.8 Å². The van der Waals surface area contributed by atoms with Gasteiger partial charge >= 0.3 is 6.03 Å². The molecule has 0 unspecified atom stereocenters. The van der Waals surface area contributed by atoms with E-state index in [1.54, 1.807) is 18.2 Å². The van der Waals surface area contributed by atoms with Gasteiger partial charge in [0.25, 0.3) is 0 Å². The average Bonchev–Trinajstić information content (AvgIpc) is 3.06. The SMILES string of the molecule is COc1cccc(O)c1[C@H]1C2=CC[C@@H]3C(=O)N(C(N)=O)C(=O)[C@@H]3[C@@H]2CC2=C1C(=O)C=C(Br)C2=O. The largest absolute Gasteiger partial charge is 0.507 e. The van der Waals surface area contributed by atoms with Crippen LogP contribution in [0.15, 0.2) is 51.6 Å². The van der Waals surface area contributed by atoms with E-state index < -0.39 is 53.1 Å². The molecule has 3 aliphatic carbocycles. The van der Waals surface area contributed by atoms with Crippen molar-refractivity contribution in [2.45, 2.75) is 18.8 Å². The molecular formula is C24H19BrN2O7. The summed E-state index contributed by atoms with van der Waals surface area (Å²) in [7, 11) is 1.42. The number of Topliss-reactive ketones (excluding diaryl/α,β-unsaturated/α-hetero) is 1. The minimum Gasteiger partial charge on any atom is -0.507 e. The number of aromatic hydroxyl groups is 1. The second-order valence-corrected chi connectivity index (χ2v) is 9.49. The zero-order valence-corrected chi connectivity index (χ0v) is 19.5. The highest BCUT2D eigenvalue weighted by molar-refractivity contribution is 9.12. The maximum Gasteiger partial charge on any atom is 0.328 e. The predicted molar refractivity (Wildman–Crippen MR) is 121 cm³/mol. The number of carbonyl (C=O) groups is 5. The number of methoxy groups -OCH3 is 1. The fraction of sp³-hybridized carbons (Fsp3) is 0.292. The lowest BCUT2D eigenvalue weighted by Gasteiger charge is -2.42. The number of likely N-dealkylation sites (tertiary alicyclic amines) is 1. The number of imide groups is 3. The number of rotatable bonds is 2.